The van der Waals surface area contributed by atoms with E-state index in [1.165, 1.54) is 6.08 Å². The Morgan fingerprint density at radius 2 is 1.77 bits per heavy atom. The van der Waals surface area contributed by atoms with E-state index in [4.69, 9.17) is 16.3 Å². The maximum Gasteiger partial charge on any atom is 0.335 e. The minimum Gasteiger partial charge on any atom is -0.494 e. The van der Waals surface area contributed by atoms with Crippen LogP contribution in [0.4, 0.5) is 10.5 Å². The second-order valence-electron chi connectivity index (χ2n) is 7.92. The van der Waals surface area contributed by atoms with Crippen molar-refractivity contribution in [3.63, 3.8) is 0 Å². The summed E-state index contributed by atoms with van der Waals surface area (Å²) in [6.07, 6.45) is 1.95. The van der Waals surface area contributed by atoms with Crippen LogP contribution in [-0.4, -0.2) is 24.5 Å². The minimum absolute atomic E-state index is 0.176. The number of barbiturate groups is 1. The first-order valence-corrected chi connectivity index (χ1v) is 12.1. The number of halogens is 2. The number of rotatable bonds is 6. The van der Waals surface area contributed by atoms with Crippen LogP contribution in [0.5, 0.6) is 5.75 Å². The van der Waals surface area contributed by atoms with Gasteiger partial charge < -0.3 is 4.74 Å². The van der Waals surface area contributed by atoms with Crippen molar-refractivity contribution in [2.45, 2.75) is 20.3 Å². The van der Waals surface area contributed by atoms with Crippen molar-refractivity contribution in [1.82, 2.24) is 5.32 Å². The van der Waals surface area contributed by atoms with Gasteiger partial charge in [-0.15, -0.1) is 0 Å². The fourth-order valence-electron chi connectivity index (χ4n) is 3.86. The number of hydrogen-bond donors (Lipinski definition) is 1. The van der Waals surface area contributed by atoms with Crippen LogP contribution in [0.25, 0.3) is 6.08 Å². The van der Waals surface area contributed by atoms with Crippen molar-refractivity contribution in [3.8, 4) is 5.75 Å². The van der Waals surface area contributed by atoms with Gasteiger partial charge in [0.05, 0.1) is 12.3 Å². The molecule has 0 bridgehead atoms. The van der Waals surface area contributed by atoms with Crippen LogP contribution in [0.2, 0.25) is 5.02 Å². The maximum atomic E-state index is 13.3. The lowest BCUT2D eigenvalue weighted by molar-refractivity contribution is -0.122. The summed E-state index contributed by atoms with van der Waals surface area (Å²) in [5.74, 6) is -0.922. The molecule has 35 heavy (non-hydrogen) atoms. The summed E-state index contributed by atoms with van der Waals surface area (Å²) >= 11 is 10.2. The van der Waals surface area contributed by atoms with Crippen molar-refractivity contribution in [2.75, 3.05) is 11.5 Å². The molecule has 3 aromatic rings. The molecule has 178 valence electrons. The first-order chi connectivity index (χ1) is 16.8. The highest BCUT2D eigenvalue weighted by Gasteiger charge is 2.37. The van der Waals surface area contributed by atoms with Crippen molar-refractivity contribution in [1.29, 1.82) is 0 Å². The number of aryl methyl sites for hydroxylation is 1. The molecule has 3 aromatic carbocycles. The predicted molar refractivity (Wildman–Crippen MR) is 140 cm³/mol. The molecule has 0 radical (unpaired) electrons. The molecule has 0 unspecified atom stereocenters. The molecule has 6 nitrogen and oxygen atoms in total. The Morgan fingerprint density at radius 3 is 2.49 bits per heavy atom. The highest BCUT2D eigenvalue weighted by atomic mass is 79.9. The molecular weight excluding hydrogens is 532 g/mol. The first-order valence-electron chi connectivity index (χ1n) is 11.0. The van der Waals surface area contributed by atoms with Gasteiger partial charge in [0, 0.05) is 21.5 Å². The lowest BCUT2D eigenvalue weighted by Crippen LogP contribution is -2.54. The van der Waals surface area contributed by atoms with Gasteiger partial charge >= 0.3 is 6.03 Å². The van der Waals surface area contributed by atoms with E-state index in [-0.39, 0.29) is 5.57 Å². The van der Waals surface area contributed by atoms with Crippen molar-refractivity contribution < 1.29 is 19.1 Å². The van der Waals surface area contributed by atoms with Gasteiger partial charge in [-0.05, 0) is 60.9 Å². The molecule has 8 heteroatoms. The van der Waals surface area contributed by atoms with E-state index in [1.54, 1.807) is 43.3 Å². The topological polar surface area (TPSA) is 75.7 Å². The van der Waals surface area contributed by atoms with E-state index in [0.29, 0.717) is 35.1 Å². The first kappa shape index (κ1) is 24.7. The zero-order valence-corrected chi connectivity index (χ0v) is 21.4. The average Bonchev–Trinajstić information content (AvgIpc) is 2.81. The lowest BCUT2D eigenvalue weighted by atomic mass is 10.00. The number of anilines is 1. The monoisotopic (exact) mass is 552 g/mol. The quantitative estimate of drug-likeness (QED) is 0.297. The summed E-state index contributed by atoms with van der Waals surface area (Å²) in [5.41, 5.74) is 3.29. The fourth-order valence-corrected chi connectivity index (χ4v) is 4.57. The molecule has 0 saturated carbocycles. The van der Waals surface area contributed by atoms with Gasteiger partial charge in [-0.25, -0.2) is 9.69 Å². The Balaban J connectivity index is 1.74. The van der Waals surface area contributed by atoms with Crippen molar-refractivity contribution in [3.05, 3.63) is 98.0 Å². The highest BCUT2D eigenvalue weighted by Crippen LogP contribution is 2.34. The Bertz CT molecular complexity index is 1370. The average molecular weight is 554 g/mol. The van der Waals surface area contributed by atoms with Crippen LogP contribution < -0.4 is 15.0 Å². The van der Waals surface area contributed by atoms with E-state index >= 15 is 0 Å². The number of nitrogens with one attached hydrogen (secondary N) is 1. The van der Waals surface area contributed by atoms with E-state index in [1.807, 2.05) is 31.2 Å². The Kier molecular flexibility index (Phi) is 7.38. The van der Waals surface area contributed by atoms with Crippen LogP contribution >= 0.6 is 27.5 Å². The summed E-state index contributed by atoms with van der Waals surface area (Å²) in [6.45, 7) is 4.06. The minimum atomic E-state index is -0.789. The smallest absolute Gasteiger partial charge is 0.335 e. The maximum absolute atomic E-state index is 13.3. The van der Waals surface area contributed by atoms with Crippen molar-refractivity contribution in [2.24, 2.45) is 0 Å². The normalized spacial score (nSPS) is 14.9. The highest BCUT2D eigenvalue weighted by molar-refractivity contribution is 9.10. The molecule has 4 amide bonds. The molecule has 0 aliphatic carbocycles. The third kappa shape index (κ3) is 5.16. The van der Waals surface area contributed by atoms with Crippen molar-refractivity contribution >= 4 is 57.1 Å². The Hall–Kier alpha value is -3.42. The molecule has 4 rings (SSSR count). The second kappa shape index (κ2) is 10.5. The number of urea groups is 1. The summed E-state index contributed by atoms with van der Waals surface area (Å²) in [5, 5.41) is 2.69. The molecule has 1 aliphatic rings. The summed E-state index contributed by atoms with van der Waals surface area (Å²) in [7, 11) is 0. The molecule has 1 fully saturated rings. The largest absolute Gasteiger partial charge is 0.494 e. The molecular formula is C27H22BrClN2O4. The van der Waals surface area contributed by atoms with Gasteiger partial charge in [0.1, 0.15) is 11.3 Å². The molecule has 0 aromatic heterocycles. The van der Waals surface area contributed by atoms with Crippen LogP contribution in [0.3, 0.4) is 0 Å². The lowest BCUT2D eigenvalue weighted by Gasteiger charge is -2.27. The molecule has 0 spiro atoms. The molecule has 1 N–H and O–H groups in total. The van der Waals surface area contributed by atoms with Gasteiger partial charge in [0.2, 0.25) is 0 Å². The fraction of sp³-hybridized carbons (Fsp3) is 0.148. The molecule has 1 heterocycles. The summed E-state index contributed by atoms with van der Waals surface area (Å²) in [4.78, 5) is 39.3. The van der Waals surface area contributed by atoms with Crippen LogP contribution in [0.15, 0.2) is 70.7 Å². The third-order valence-corrected chi connectivity index (χ3v) is 6.68. The number of imide groups is 2. The number of carbonyl (C=O) groups excluding carboxylic acids is 3. The van der Waals surface area contributed by atoms with E-state index < -0.39 is 17.8 Å². The van der Waals surface area contributed by atoms with Gasteiger partial charge in [0.15, 0.2) is 0 Å². The number of carbonyl (C=O) groups is 3. The molecule has 1 saturated heterocycles. The predicted octanol–water partition coefficient (Wildman–Crippen LogP) is 6.07. The zero-order chi connectivity index (χ0) is 25.1. The molecule has 1 aliphatic heterocycles. The van der Waals surface area contributed by atoms with E-state index in [2.05, 4.69) is 21.2 Å². The SMILES string of the molecule is CCOc1cc(/C=C2\C(=O)NC(=O)N(c3ccccc3C)C2=O)cc(Cl)c1Cc1ccccc1Br. The van der Waals surface area contributed by atoms with Gasteiger partial charge in [-0.3, -0.25) is 14.9 Å². The third-order valence-electron chi connectivity index (χ3n) is 5.57. The van der Waals surface area contributed by atoms with Crippen LogP contribution in [0.1, 0.15) is 29.2 Å². The Morgan fingerprint density at radius 1 is 1.06 bits per heavy atom. The van der Waals surface area contributed by atoms with E-state index in [9.17, 15) is 14.4 Å². The number of nitrogens with zero attached hydrogens (tertiary/aromatic N) is 1. The van der Waals surface area contributed by atoms with Crippen LogP contribution in [-0.2, 0) is 16.0 Å². The Labute approximate surface area is 216 Å². The number of hydrogen-bond acceptors (Lipinski definition) is 4. The van der Waals surface area contributed by atoms with Crippen LogP contribution in [0, 0.1) is 6.92 Å². The number of para-hydroxylation sites is 1. The van der Waals surface area contributed by atoms with E-state index in [0.717, 1.165) is 26.1 Å². The van der Waals surface area contributed by atoms with Gasteiger partial charge in [-0.1, -0.05) is 63.9 Å². The standard InChI is InChI=1S/C27H22BrClN2O4/c1-3-35-24-14-17(13-22(29)19(24)15-18-9-5-6-10-21(18)28)12-20-25(32)30-27(34)31(26(20)33)23-11-7-4-8-16(23)2/h4-14H,3,15H2,1-2H3,(H,30,32,34)/b20-12+. The van der Waals surface area contributed by atoms with Gasteiger partial charge in [-0.2, -0.15) is 0 Å². The van der Waals surface area contributed by atoms with Gasteiger partial charge in [0.25, 0.3) is 11.8 Å². The number of amides is 4. The second-order valence-corrected chi connectivity index (χ2v) is 9.19. The number of benzene rings is 3. The number of ether oxygens (including phenoxy) is 1. The zero-order valence-electron chi connectivity index (χ0n) is 19.1. The summed E-state index contributed by atoms with van der Waals surface area (Å²) < 4.78 is 6.81. The summed E-state index contributed by atoms with van der Waals surface area (Å²) in [6, 6.07) is 17.4. The molecule has 0 atom stereocenters.